The molecule has 1 fully saturated rings. The lowest BCUT2D eigenvalue weighted by Crippen LogP contribution is -2.42. The minimum absolute atomic E-state index is 0.132. The average molecular weight is 250 g/mol. The van der Waals surface area contributed by atoms with Gasteiger partial charge in [-0.1, -0.05) is 24.3 Å². The summed E-state index contributed by atoms with van der Waals surface area (Å²) < 4.78 is 10.5. The summed E-state index contributed by atoms with van der Waals surface area (Å²) in [4.78, 5) is 11.8. The standard InChI is InChI=1S/C13H18N2O3/c14-7-10-2-1-3-11(6-10)8-15-13(16)12-9-17-4-5-18-12/h1-3,6,12H,4-5,7-9,14H2,(H,15,16). The number of benzene rings is 1. The first-order chi connectivity index (χ1) is 8.79. The van der Waals surface area contributed by atoms with E-state index < -0.39 is 6.10 Å². The molecular formula is C13H18N2O3. The van der Waals surface area contributed by atoms with Gasteiger partial charge in [-0.2, -0.15) is 0 Å². The Bertz CT molecular complexity index is 403. The normalized spacial score (nSPS) is 19.5. The Labute approximate surface area is 106 Å². The maximum absolute atomic E-state index is 11.8. The second-order valence-corrected chi connectivity index (χ2v) is 4.18. The Morgan fingerprint density at radius 1 is 1.39 bits per heavy atom. The van der Waals surface area contributed by atoms with E-state index in [9.17, 15) is 4.79 Å². The van der Waals surface area contributed by atoms with Gasteiger partial charge < -0.3 is 20.5 Å². The molecule has 18 heavy (non-hydrogen) atoms. The molecule has 0 saturated carbocycles. The largest absolute Gasteiger partial charge is 0.376 e. The topological polar surface area (TPSA) is 73.6 Å². The predicted octanol–water partition coefficient (Wildman–Crippen LogP) is 0.177. The van der Waals surface area contributed by atoms with E-state index in [2.05, 4.69) is 5.32 Å². The van der Waals surface area contributed by atoms with E-state index in [4.69, 9.17) is 15.2 Å². The quantitative estimate of drug-likeness (QED) is 0.799. The molecule has 2 rings (SSSR count). The van der Waals surface area contributed by atoms with Gasteiger partial charge in [0.15, 0.2) is 6.10 Å². The van der Waals surface area contributed by atoms with Crippen LogP contribution in [0, 0.1) is 0 Å². The molecule has 0 radical (unpaired) electrons. The first-order valence-corrected chi connectivity index (χ1v) is 6.04. The first kappa shape index (κ1) is 13.0. The van der Waals surface area contributed by atoms with E-state index in [-0.39, 0.29) is 5.91 Å². The van der Waals surface area contributed by atoms with Crippen LogP contribution in [0.1, 0.15) is 11.1 Å². The van der Waals surface area contributed by atoms with Gasteiger partial charge in [-0.05, 0) is 11.1 Å². The smallest absolute Gasteiger partial charge is 0.251 e. The van der Waals surface area contributed by atoms with Gasteiger partial charge in [0.05, 0.1) is 19.8 Å². The van der Waals surface area contributed by atoms with Crippen molar-refractivity contribution in [1.82, 2.24) is 5.32 Å². The van der Waals surface area contributed by atoms with Gasteiger partial charge in [0, 0.05) is 13.1 Å². The minimum Gasteiger partial charge on any atom is -0.376 e. The number of ether oxygens (including phenoxy) is 2. The number of carbonyl (C=O) groups excluding carboxylic acids is 1. The second-order valence-electron chi connectivity index (χ2n) is 4.18. The van der Waals surface area contributed by atoms with Gasteiger partial charge in [-0.15, -0.1) is 0 Å². The van der Waals surface area contributed by atoms with Crippen molar-refractivity contribution in [2.24, 2.45) is 5.73 Å². The number of rotatable bonds is 4. The second kappa shape index (κ2) is 6.49. The molecule has 5 heteroatoms. The zero-order valence-corrected chi connectivity index (χ0v) is 10.2. The summed E-state index contributed by atoms with van der Waals surface area (Å²) >= 11 is 0. The average Bonchev–Trinajstić information content (AvgIpc) is 2.46. The fraction of sp³-hybridized carbons (Fsp3) is 0.462. The van der Waals surface area contributed by atoms with Crippen LogP contribution in [0.2, 0.25) is 0 Å². The molecule has 1 amide bonds. The number of carbonyl (C=O) groups is 1. The molecule has 0 spiro atoms. The van der Waals surface area contributed by atoms with Crippen LogP contribution < -0.4 is 11.1 Å². The number of nitrogens with one attached hydrogen (secondary N) is 1. The monoisotopic (exact) mass is 250 g/mol. The third-order valence-corrected chi connectivity index (χ3v) is 2.80. The molecule has 0 bridgehead atoms. The van der Waals surface area contributed by atoms with Gasteiger partial charge in [0.1, 0.15) is 0 Å². The van der Waals surface area contributed by atoms with E-state index in [0.717, 1.165) is 11.1 Å². The highest BCUT2D eigenvalue weighted by Crippen LogP contribution is 2.05. The number of hydrogen-bond acceptors (Lipinski definition) is 4. The van der Waals surface area contributed by atoms with Gasteiger partial charge in [0.2, 0.25) is 0 Å². The Balaban J connectivity index is 1.84. The van der Waals surface area contributed by atoms with Crippen molar-refractivity contribution in [3.05, 3.63) is 35.4 Å². The van der Waals surface area contributed by atoms with Crippen LogP contribution >= 0.6 is 0 Å². The molecule has 1 saturated heterocycles. The molecule has 1 atom stereocenters. The van der Waals surface area contributed by atoms with Crippen LogP contribution in [0.25, 0.3) is 0 Å². The van der Waals surface area contributed by atoms with E-state index in [1.165, 1.54) is 0 Å². The highest BCUT2D eigenvalue weighted by atomic mass is 16.6. The van der Waals surface area contributed by atoms with Crippen LogP contribution in [0.4, 0.5) is 0 Å². The minimum atomic E-state index is -0.489. The summed E-state index contributed by atoms with van der Waals surface area (Å²) in [5.74, 6) is -0.132. The lowest BCUT2D eigenvalue weighted by molar-refractivity contribution is -0.147. The van der Waals surface area contributed by atoms with Crippen LogP contribution in [0.5, 0.6) is 0 Å². The molecule has 0 aromatic heterocycles. The van der Waals surface area contributed by atoms with Crippen LogP contribution in [0.15, 0.2) is 24.3 Å². The number of amides is 1. The van der Waals surface area contributed by atoms with Gasteiger partial charge in [0.25, 0.3) is 5.91 Å². The van der Waals surface area contributed by atoms with Crippen LogP contribution in [-0.4, -0.2) is 31.8 Å². The third kappa shape index (κ3) is 3.53. The Morgan fingerprint density at radius 2 is 2.22 bits per heavy atom. The van der Waals surface area contributed by atoms with E-state index in [1.807, 2.05) is 24.3 Å². The summed E-state index contributed by atoms with van der Waals surface area (Å²) in [5.41, 5.74) is 7.65. The van der Waals surface area contributed by atoms with E-state index >= 15 is 0 Å². The van der Waals surface area contributed by atoms with Gasteiger partial charge >= 0.3 is 0 Å². The highest BCUT2D eigenvalue weighted by molar-refractivity contribution is 5.80. The van der Waals surface area contributed by atoms with Crippen molar-refractivity contribution >= 4 is 5.91 Å². The molecule has 0 aliphatic carbocycles. The molecule has 98 valence electrons. The fourth-order valence-electron chi connectivity index (χ4n) is 1.81. The molecule has 5 nitrogen and oxygen atoms in total. The molecule has 1 aromatic rings. The first-order valence-electron chi connectivity index (χ1n) is 6.04. The molecule has 1 aliphatic heterocycles. The summed E-state index contributed by atoms with van der Waals surface area (Å²) in [5, 5.41) is 2.84. The summed E-state index contributed by atoms with van der Waals surface area (Å²) in [7, 11) is 0. The van der Waals surface area contributed by atoms with Gasteiger partial charge in [-0.3, -0.25) is 4.79 Å². The molecule has 1 aliphatic rings. The van der Waals surface area contributed by atoms with E-state index in [0.29, 0.717) is 32.9 Å². The highest BCUT2D eigenvalue weighted by Gasteiger charge is 2.21. The van der Waals surface area contributed by atoms with Gasteiger partial charge in [-0.25, -0.2) is 0 Å². The zero-order valence-electron chi connectivity index (χ0n) is 10.2. The molecule has 1 heterocycles. The lowest BCUT2D eigenvalue weighted by atomic mass is 10.1. The SMILES string of the molecule is NCc1cccc(CNC(=O)C2COCCO2)c1. The fourth-order valence-corrected chi connectivity index (χ4v) is 1.81. The van der Waals surface area contributed by atoms with Crippen molar-refractivity contribution in [2.45, 2.75) is 19.2 Å². The van der Waals surface area contributed by atoms with Crippen molar-refractivity contribution < 1.29 is 14.3 Å². The maximum atomic E-state index is 11.8. The Morgan fingerprint density at radius 3 is 2.94 bits per heavy atom. The van der Waals surface area contributed by atoms with E-state index in [1.54, 1.807) is 0 Å². The summed E-state index contributed by atoms with van der Waals surface area (Å²) in [6.45, 7) is 2.34. The Hall–Kier alpha value is -1.43. The molecule has 1 unspecified atom stereocenters. The van der Waals surface area contributed by atoms with Crippen LogP contribution in [0.3, 0.4) is 0 Å². The zero-order chi connectivity index (χ0) is 12.8. The summed E-state index contributed by atoms with van der Waals surface area (Å²) in [6.07, 6.45) is -0.489. The van der Waals surface area contributed by atoms with Crippen LogP contribution in [-0.2, 0) is 27.4 Å². The van der Waals surface area contributed by atoms with Crippen molar-refractivity contribution in [1.29, 1.82) is 0 Å². The molecular weight excluding hydrogens is 232 g/mol. The third-order valence-electron chi connectivity index (χ3n) is 2.80. The van der Waals surface area contributed by atoms with Crippen molar-refractivity contribution in [3.8, 4) is 0 Å². The molecule has 3 N–H and O–H groups in total. The maximum Gasteiger partial charge on any atom is 0.251 e. The Kier molecular flexibility index (Phi) is 4.69. The van der Waals surface area contributed by atoms with Crippen molar-refractivity contribution in [3.63, 3.8) is 0 Å². The summed E-state index contributed by atoms with van der Waals surface area (Å²) in [6, 6.07) is 7.84. The predicted molar refractivity (Wildman–Crippen MR) is 66.7 cm³/mol. The number of nitrogens with two attached hydrogens (primary N) is 1. The lowest BCUT2D eigenvalue weighted by Gasteiger charge is -2.22. The molecule has 1 aromatic carbocycles. The van der Waals surface area contributed by atoms with Crippen molar-refractivity contribution in [2.75, 3.05) is 19.8 Å². The number of hydrogen-bond donors (Lipinski definition) is 2.